The highest BCUT2D eigenvalue weighted by atomic mass is 31.2. The lowest BCUT2D eigenvalue weighted by molar-refractivity contribution is -0.147. The molecule has 9 nitrogen and oxygen atoms in total. The van der Waals surface area contributed by atoms with Crippen molar-refractivity contribution < 1.29 is 37.9 Å². The number of rotatable bonds is 38. The predicted octanol–water partition coefficient (Wildman–Crippen LogP) is 11.3. The fourth-order valence-electron chi connectivity index (χ4n) is 5.06. The standard InChI is InChI=1S/C43H76NO8P/c1-3-5-6-7-8-9-10-11-12-15-18-21-24-27-30-33-37-49-42(40-52-53(47,48)51-38-36-44)39-50-43(46)35-32-29-26-23-20-17-14-13-16-19-22-25-28-31-34-41(45)4-2/h9-10,14,16-17,19,23,25-26,28,33,37,41-42,45H,3-8,11-13,15,18,20-22,24,27,29-32,34-36,38-40,44H2,1-2H3,(H,47,48)/b10-9-,17-14-,19-16-,26-23-,28-25-,37-33+/t41-,42+/m0/s1. The fourth-order valence-corrected chi connectivity index (χ4v) is 5.83. The number of ether oxygens (including phenoxy) is 2. The number of esters is 1. The lowest BCUT2D eigenvalue weighted by Crippen LogP contribution is -2.25. The Balaban J connectivity index is 4.24. The van der Waals surface area contributed by atoms with E-state index >= 15 is 0 Å². The van der Waals surface area contributed by atoms with Gasteiger partial charge in [-0.2, -0.15) is 0 Å². The summed E-state index contributed by atoms with van der Waals surface area (Å²) >= 11 is 0. The average molecular weight is 766 g/mol. The van der Waals surface area contributed by atoms with E-state index in [4.69, 9.17) is 24.3 Å². The smallest absolute Gasteiger partial charge is 0.472 e. The summed E-state index contributed by atoms with van der Waals surface area (Å²) in [4.78, 5) is 22.2. The van der Waals surface area contributed by atoms with Gasteiger partial charge in [0.2, 0.25) is 0 Å². The summed E-state index contributed by atoms with van der Waals surface area (Å²) in [6, 6.07) is 0. The zero-order valence-electron chi connectivity index (χ0n) is 33.3. The van der Waals surface area contributed by atoms with E-state index in [0.29, 0.717) is 6.42 Å². The van der Waals surface area contributed by atoms with Gasteiger partial charge in [-0.25, -0.2) is 4.57 Å². The molecule has 306 valence electrons. The highest BCUT2D eigenvalue weighted by Crippen LogP contribution is 2.43. The number of phosphoric acid groups is 1. The number of unbranched alkanes of at least 4 members (excludes halogenated alkanes) is 12. The summed E-state index contributed by atoms with van der Waals surface area (Å²) in [5, 5.41) is 9.55. The molecule has 1 unspecified atom stereocenters. The average Bonchev–Trinajstić information content (AvgIpc) is 3.15. The van der Waals surface area contributed by atoms with Crippen LogP contribution in [0.4, 0.5) is 0 Å². The van der Waals surface area contributed by atoms with Crippen molar-refractivity contribution in [3.63, 3.8) is 0 Å². The van der Waals surface area contributed by atoms with Crippen molar-refractivity contribution in [2.75, 3.05) is 26.4 Å². The van der Waals surface area contributed by atoms with Gasteiger partial charge >= 0.3 is 13.8 Å². The van der Waals surface area contributed by atoms with Crippen molar-refractivity contribution in [2.45, 2.75) is 167 Å². The Kier molecular flexibility index (Phi) is 37.8. The number of phosphoric ester groups is 1. The summed E-state index contributed by atoms with van der Waals surface area (Å²) < 4.78 is 33.1. The Morgan fingerprint density at radius 1 is 0.660 bits per heavy atom. The quantitative estimate of drug-likeness (QED) is 0.0184. The van der Waals surface area contributed by atoms with E-state index in [1.165, 1.54) is 64.2 Å². The minimum atomic E-state index is -4.29. The van der Waals surface area contributed by atoms with Crippen molar-refractivity contribution in [3.8, 4) is 0 Å². The largest absolute Gasteiger partial charge is 0.492 e. The Hall–Kier alpha value is -2.26. The highest BCUT2D eigenvalue weighted by molar-refractivity contribution is 7.47. The first-order valence-electron chi connectivity index (χ1n) is 20.6. The van der Waals surface area contributed by atoms with Crippen LogP contribution in [0.3, 0.4) is 0 Å². The monoisotopic (exact) mass is 766 g/mol. The molecule has 0 aliphatic rings. The van der Waals surface area contributed by atoms with Crippen LogP contribution in [-0.2, 0) is 27.9 Å². The van der Waals surface area contributed by atoms with Crippen molar-refractivity contribution in [1.29, 1.82) is 0 Å². The minimum absolute atomic E-state index is 0.0836. The Morgan fingerprint density at radius 2 is 1.17 bits per heavy atom. The topological polar surface area (TPSA) is 138 Å². The first-order valence-corrected chi connectivity index (χ1v) is 22.0. The molecule has 10 heteroatoms. The zero-order chi connectivity index (χ0) is 38.9. The maximum absolute atomic E-state index is 12.4. The molecule has 0 aromatic rings. The van der Waals surface area contributed by atoms with E-state index in [1.807, 2.05) is 13.0 Å². The molecule has 0 aromatic carbocycles. The molecular formula is C43H76NO8P. The molecule has 0 aliphatic heterocycles. The van der Waals surface area contributed by atoms with Gasteiger partial charge in [0.1, 0.15) is 6.61 Å². The van der Waals surface area contributed by atoms with Crippen LogP contribution in [-0.4, -0.2) is 54.5 Å². The summed E-state index contributed by atoms with van der Waals surface area (Å²) in [6.07, 6.45) is 46.8. The number of aliphatic hydroxyl groups is 1. The predicted molar refractivity (Wildman–Crippen MR) is 220 cm³/mol. The molecule has 0 aromatic heterocycles. The van der Waals surface area contributed by atoms with Crippen LogP contribution in [0.25, 0.3) is 0 Å². The summed E-state index contributed by atoms with van der Waals surface area (Å²) in [7, 11) is -4.29. The van der Waals surface area contributed by atoms with E-state index in [2.05, 4.69) is 67.7 Å². The fraction of sp³-hybridized carbons (Fsp3) is 0.698. The number of hydrogen-bond acceptors (Lipinski definition) is 8. The number of hydrogen-bond donors (Lipinski definition) is 3. The lowest BCUT2D eigenvalue weighted by atomic mass is 10.1. The van der Waals surface area contributed by atoms with Crippen LogP contribution in [0.15, 0.2) is 73.1 Å². The van der Waals surface area contributed by atoms with Gasteiger partial charge in [-0.1, -0.05) is 120 Å². The Morgan fingerprint density at radius 3 is 1.75 bits per heavy atom. The molecule has 0 fully saturated rings. The van der Waals surface area contributed by atoms with Gasteiger partial charge in [0.15, 0.2) is 6.10 Å². The van der Waals surface area contributed by atoms with Crippen LogP contribution in [0, 0.1) is 0 Å². The van der Waals surface area contributed by atoms with E-state index in [0.717, 1.165) is 64.2 Å². The van der Waals surface area contributed by atoms with Gasteiger partial charge in [0.25, 0.3) is 0 Å². The van der Waals surface area contributed by atoms with E-state index in [1.54, 1.807) is 6.26 Å². The van der Waals surface area contributed by atoms with Crippen molar-refractivity contribution in [3.05, 3.63) is 73.1 Å². The van der Waals surface area contributed by atoms with Gasteiger partial charge in [0, 0.05) is 13.0 Å². The summed E-state index contributed by atoms with van der Waals surface area (Å²) in [6.45, 7) is 3.82. The molecular weight excluding hydrogens is 689 g/mol. The summed E-state index contributed by atoms with van der Waals surface area (Å²) in [5.41, 5.74) is 5.35. The molecule has 0 rings (SSSR count). The molecule has 53 heavy (non-hydrogen) atoms. The van der Waals surface area contributed by atoms with Crippen molar-refractivity contribution in [1.82, 2.24) is 0 Å². The van der Waals surface area contributed by atoms with E-state index in [-0.39, 0.29) is 44.9 Å². The van der Waals surface area contributed by atoms with Crippen molar-refractivity contribution >= 4 is 13.8 Å². The second-order valence-electron chi connectivity index (χ2n) is 13.3. The minimum Gasteiger partial charge on any atom is -0.492 e. The van der Waals surface area contributed by atoms with Gasteiger partial charge < -0.3 is 25.2 Å². The second-order valence-corrected chi connectivity index (χ2v) is 14.8. The van der Waals surface area contributed by atoms with E-state index < -0.39 is 13.9 Å². The number of aliphatic hydroxyl groups excluding tert-OH is 1. The van der Waals surface area contributed by atoms with Gasteiger partial charge in [-0.05, 0) is 96.0 Å². The molecule has 0 heterocycles. The van der Waals surface area contributed by atoms with Gasteiger partial charge in [-0.3, -0.25) is 13.8 Å². The van der Waals surface area contributed by atoms with Crippen LogP contribution in [0.2, 0.25) is 0 Å². The maximum Gasteiger partial charge on any atom is 0.472 e. The third-order valence-electron chi connectivity index (χ3n) is 8.35. The maximum atomic E-state index is 12.4. The molecule has 4 N–H and O–H groups in total. The Labute approximate surface area is 323 Å². The van der Waals surface area contributed by atoms with Gasteiger partial charge in [0.05, 0.1) is 25.6 Å². The van der Waals surface area contributed by atoms with Crippen LogP contribution >= 0.6 is 7.82 Å². The van der Waals surface area contributed by atoms with Crippen molar-refractivity contribution in [2.24, 2.45) is 5.73 Å². The molecule has 0 saturated heterocycles. The number of nitrogens with two attached hydrogens (primary N) is 1. The third kappa shape index (κ3) is 39.3. The first kappa shape index (κ1) is 50.7. The molecule has 0 amide bonds. The zero-order valence-corrected chi connectivity index (χ0v) is 34.2. The number of carbonyl (C=O) groups is 1. The number of carbonyl (C=O) groups excluding carboxylic acids is 1. The van der Waals surface area contributed by atoms with Gasteiger partial charge in [-0.15, -0.1) is 0 Å². The molecule has 0 saturated carbocycles. The molecule has 0 radical (unpaired) electrons. The third-order valence-corrected chi connectivity index (χ3v) is 9.33. The number of allylic oxidation sites excluding steroid dienone is 11. The molecule has 0 spiro atoms. The normalized spacial score (nSPS) is 14.8. The first-order chi connectivity index (χ1) is 25.8. The lowest BCUT2D eigenvalue weighted by Gasteiger charge is -2.19. The summed E-state index contributed by atoms with van der Waals surface area (Å²) in [5.74, 6) is -0.360. The van der Waals surface area contributed by atoms with E-state index in [9.17, 15) is 19.4 Å². The highest BCUT2D eigenvalue weighted by Gasteiger charge is 2.24. The second kappa shape index (κ2) is 39.4. The molecule has 0 aliphatic carbocycles. The van der Waals surface area contributed by atoms with Crippen LogP contribution in [0.5, 0.6) is 0 Å². The van der Waals surface area contributed by atoms with Crippen LogP contribution in [0.1, 0.15) is 155 Å². The molecule has 3 atom stereocenters. The SMILES string of the molecule is CCCCCC/C=C\CCCCCCCC/C=C/O[C@H](COC(=O)CCC/C=C\C/C=C\C/C=C\C/C=C\CC[C@@H](O)CC)COP(=O)(O)OCCN. The van der Waals surface area contributed by atoms with Crippen LogP contribution < -0.4 is 5.73 Å². The molecule has 0 bridgehead atoms. The Bertz CT molecular complexity index is 1050.